The average molecular weight is 482 g/mol. The number of anilines is 2. The van der Waals surface area contributed by atoms with E-state index < -0.39 is 6.10 Å². The number of benzene rings is 2. The number of methoxy groups -OCH3 is 1. The molecule has 1 atom stereocenters. The maximum Gasteiger partial charge on any atom is 0.249 e. The van der Waals surface area contributed by atoms with Gasteiger partial charge in [0.15, 0.2) is 0 Å². The summed E-state index contributed by atoms with van der Waals surface area (Å²) in [5.41, 5.74) is 4.36. The Bertz CT molecular complexity index is 1440. The van der Waals surface area contributed by atoms with Crippen LogP contribution >= 0.6 is 0 Å². The number of carbonyl (C=O) groups excluding carboxylic acids is 1. The molecule has 4 rings (SSSR count). The number of aromatic nitrogens is 3. The summed E-state index contributed by atoms with van der Waals surface area (Å²) in [5.74, 6) is 7.95. The molecule has 8 nitrogen and oxygen atoms in total. The van der Waals surface area contributed by atoms with Crippen molar-refractivity contribution in [3.63, 3.8) is 0 Å². The van der Waals surface area contributed by atoms with Gasteiger partial charge in [-0.1, -0.05) is 11.8 Å². The van der Waals surface area contributed by atoms with Crippen LogP contribution in [-0.4, -0.2) is 40.6 Å². The zero-order valence-electron chi connectivity index (χ0n) is 20.6. The maximum atomic E-state index is 11.8. The summed E-state index contributed by atoms with van der Waals surface area (Å²) in [4.78, 5) is 24.9. The fourth-order valence-corrected chi connectivity index (χ4v) is 3.38. The van der Waals surface area contributed by atoms with E-state index in [2.05, 4.69) is 37.4 Å². The Balaban J connectivity index is 1.50. The summed E-state index contributed by atoms with van der Waals surface area (Å²) in [6.45, 7) is 5.84. The Labute approximate surface area is 210 Å². The minimum atomic E-state index is -0.512. The van der Waals surface area contributed by atoms with Gasteiger partial charge in [-0.15, -0.1) is 0 Å². The molecule has 0 saturated heterocycles. The van der Waals surface area contributed by atoms with Crippen molar-refractivity contribution in [2.75, 3.05) is 19.0 Å². The van der Waals surface area contributed by atoms with E-state index in [9.17, 15) is 4.79 Å². The third-order valence-corrected chi connectivity index (χ3v) is 5.49. The van der Waals surface area contributed by atoms with E-state index in [1.54, 1.807) is 13.1 Å². The zero-order chi connectivity index (χ0) is 25.5. The Hall–Kier alpha value is -4.48. The van der Waals surface area contributed by atoms with Gasteiger partial charge in [0, 0.05) is 29.4 Å². The monoisotopic (exact) mass is 481 g/mol. The molecule has 0 aliphatic carbocycles. The minimum Gasteiger partial charge on any atom is -0.455 e. The summed E-state index contributed by atoms with van der Waals surface area (Å²) in [5, 5.41) is 6.94. The number of hydrogen-bond donors (Lipinski definition) is 2. The number of hydrogen-bond acceptors (Lipinski definition) is 7. The molecular formula is C28H27N5O3. The van der Waals surface area contributed by atoms with Gasteiger partial charge in [0.05, 0.1) is 18.3 Å². The number of amides is 1. The molecule has 8 heteroatoms. The topological polar surface area (TPSA) is 98.3 Å². The molecule has 36 heavy (non-hydrogen) atoms. The Morgan fingerprint density at radius 3 is 2.67 bits per heavy atom. The Morgan fingerprint density at radius 1 is 1.06 bits per heavy atom. The van der Waals surface area contributed by atoms with E-state index in [1.807, 2.05) is 62.4 Å². The number of fused-ring (bicyclic) bond motifs is 1. The van der Waals surface area contributed by atoms with Crippen molar-refractivity contribution in [2.24, 2.45) is 0 Å². The second kappa shape index (κ2) is 11.3. The smallest absolute Gasteiger partial charge is 0.249 e. The lowest BCUT2D eigenvalue weighted by atomic mass is 10.1. The van der Waals surface area contributed by atoms with Crippen molar-refractivity contribution in [1.82, 2.24) is 20.3 Å². The van der Waals surface area contributed by atoms with Crippen molar-refractivity contribution in [3.8, 4) is 23.3 Å². The van der Waals surface area contributed by atoms with Crippen LogP contribution in [0.25, 0.3) is 10.9 Å². The summed E-state index contributed by atoms with van der Waals surface area (Å²) >= 11 is 0. The highest BCUT2D eigenvalue weighted by Crippen LogP contribution is 2.29. The van der Waals surface area contributed by atoms with Gasteiger partial charge >= 0.3 is 0 Å². The molecule has 2 aromatic carbocycles. The van der Waals surface area contributed by atoms with Gasteiger partial charge in [0.2, 0.25) is 5.91 Å². The lowest BCUT2D eigenvalue weighted by Crippen LogP contribution is -2.33. The van der Waals surface area contributed by atoms with Crippen molar-refractivity contribution in [3.05, 3.63) is 77.9 Å². The van der Waals surface area contributed by atoms with Crippen LogP contribution in [0.1, 0.15) is 23.7 Å². The van der Waals surface area contributed by atoms with E-state index in [0.29, 0.717) is 11.6 Å². The van der Waals surface area contributed by atoms with Gasteiger partial charge in [0.1, 0.15) is 29.7 Å². The molecule has 0 radical (unpaired) electrons. The number of nitrogens with zero attached hydrogens (tertiary/aromatic N) is 3. The zero-order valence-corrected chi connectivity index (χ0v) is 20.6. The fraction of sp³-hybridized carbons (Fsp3) is 0.214. The molecule has 0 spiro atoms. The van der Waals surface area contributed by atoms with Gasteiger partial charge in [-0.2, -0.15) is 0 Å². The third-order valence-electron chi connectivity index (χ3n) is 5.49. The van der Waals surface area contributed by atoms with E-state index >= 15 is 0 Å². The van der Waals surface area contributed by atoms with E-state index in [1.165, 1.54) is 13.4 Å². The summed E-state index contributed by atoms with van der Waals surface area (Å²) in [7, 11) is 1.49. The number of nitrogens with one attached hydrogen (secondary N) is 2. The average Bonchev–Trinajstić information content (AvgIpc) is 2.89. The lowest BCUT2D eigenvalue weighted by Gasteiger charge is -2.12. The van der Waals surface area contributed by atoms with E-state index in [0.717, 1.165) is 39.2 Å². The molecule has 4 aromatic rings. The van der Waals surface area contributed by atoms with Crippen molar-refractivity contribution >= 4 is 28.3 Å². The van der Waals surface area contributed by atoms with E-state index in [-0.39, 0.29) is 12.5 Å². The number of pyridine rings is 1. The van der Waals surface area contributed by atoms with Gasteiger partial charge in [-0.3, -0.25) is 9.78 Å². The quantitative estimate of drug-likeness (QED) is 0.370. The highest BCUT2D eigenvalue weighted by molar-refractivity contribution is 5.91. The highest BCUT2D eigenvalue weighted by Gasteiger charge is 2.10. The molecule has 0 saturated carbocycles. The van der Waals surface area contributed by atoms with Crippen LogP contribution in [0.4, 0.5) is 11.5 Å². The SMILES string of the molecule is COC(C)C(=O)NCC#Cc1ccc2ncnc(Nc3ccc(Oc4ccc(C)nc4)c(C)c3)c2c1. The Kier molecular flexibility index (Phi) is 7.73. The molecule has 1 unspecified atom stereocenters. The van der Waals surface area contributed by atoms with Crippen molar-refractivity contribution in [2.45, 2.75) is 26.9 Å². The largest absolute Gasteiger partial charge is 0.455 e. The van der Waals surface area contributed by atoms with Crippen LogP contribution in [0, 0.1) is 25.7 Å². The molecule has 1 amide bonds. The molecule has 2 aromatic heterocycles. The normalized spacial score (nSPS) is 11.3. The van der Waals surface area contributed by atoms with Gasteiger partial charge in [-0.25, -0.2) is 9.97 Å². The number of ether oxygens (including phenoxy) is 2. The molecule has 2 N–H and O–H groups in total. The van der Waals surface area contributed by atoms with Crippen LogP contribution in [0.5, 0.6) is 11.5 Å². The van der Waals surface area contributed by atoms with Crippen molar-refractivity contribution in [1.29, 1.82) is 0 Å². The van der Waals surface area contributed by atoms with Crippen LogP contribution in [0.3, 0.4) is 0 Å². The number of carbonyl (C=O) groups is 1. The third kappa shape index (κ3) is 6.14. The summed E-state index contributed by atoms with van der Waals surface area (Å²) < 4.78 is 11.0. The van der Waals surface area contributed by atoms with Gasteiger partial charge in [0.25, 0.3) is 0 Å². The van der Waals surface area contributed by atoms with Gasteiger partial charge < -0.3 is 20.1 Å². The first-order chi connectivity index (χ1) is 17.4. The first-order valence-electron chi connectivity index (χ1n) is 11.5. The summed E-state index contributed by atoms with van der Waals surface area (Å²) in [6.07, 6.45) is 2.72. The molecule has 2 heterocycles. The molecular weight excluding hydrogens is 454 g/mol. The second-order valence-electron chi connectivity index (χ2n) is 8.19. The predicted octanol–water partition coefficient (Wildman–Crippen LogP) is 4.68. The molecule has 0 fully saturated rings. The standard InChI is InChI=1S/C28H27N5O3/c1-18-14-22(9-12-26(18)36-23-10-7-19(2)30-16-23)33-27-24-15-21(8-11-25(24)31-17-32-27)6-5-13-29-28(34)20(3)35-4/h7-12,14-17,20H,13H2,1-4H3,(H,29,34)(H,31,32,33). The summed E-state index contributed by atoms with van der Waals surface area (Å²) in [6, 6.07) is 15.4. The molecule has 0 bridgehead atoms. The minimum absolute atomic E-state index is 0.201. The predicted molar refractivity (Wildman–Crippen MR) is 139 cm³/mol. The van der Waals surface area contributed by atoms with Crippen LogP contribution in [-0.2, 0) is 9.53 Å². The van der Waals surface area contributed by atoms with Gasteiger partial charge in [-0.05, 0) is 74.9 Å². The Morgan fingerprint density at radius 2 is 1.92 bits per heavy atom. The van der Waals surface area contributed by atoms with Crippen LogP contribution in [0.2, 0.25) is 0 Å². The molecule has 0 aliphatic rings. The first-order valence-corrected chi connectivity index (χ1v) is 11.5. The number of aryl methyl sites for hydroxylation is 2. The second-order valence-corrected chi connectivity index (χ2v) is 8.19. The van der Waals surface area contributed by atoms with E-state index in [4.69, 9.17) is 9.47 Å². The maximum absolute atomic E-state index is 11.8. The lowest BCUT2D eigenvalue weighted by molar-refractivity contribution is -0.129. The fourth-order valence-electron chi connectivity index (χ4n) is 3.38. The molecule has 182 valence electrons. The first kappa shape index (κ1) is 24.6. The van der Waals surface area contributed by atoms with Crippen LogP contribution in [0.15, 0.2) is 61.1 Å². The molecule has 0 aliphatic heterocycles. The highest BCUT2D eigenvalue weighted by atomic mass is 16.5. The number of rotatable bonds is 7. The van der Waals surface area contributed by atoms with Crippen molar-refractivity contribution < 1.29 is 14.3 Å². The van der Waals surface area contributed by atoms with Crippen LogP contribution < -0.4 is 15.4 Å².